The molecule has 2 bridgehead atoms. The Balaban J connectivity index is 1.73. The number of urea groups is 1. The maximum Gasteiger partial charge on any atom is 0.410 e. The Morgan fingerprint density at radius 3 is 2.92 bits per heavy atom. The van der Waals surface area contributed by atoms with E-state index in [1.54, 1.807) is 0 Å². The van der Waals surface area contributed by atoms with Crippen molar-refractivity contribution >= 4 is 41.0 Å². The van der Waals surface area contributed by atoms with Crippen molar-refractivity contribution in [2.24, 2.45) is 10.7 Å². The average Bonchev–Trinajstić information content (AvgIpc) is 3.07. The van der Waals surface area contributed by atoms with E-state index in [0.717, 1.165) is 11.3 Å². The average molecular weight is 354 g/mol. The first-order valence-corrected chi connectivity index (χ1v) is 7.87. The molecule has 0 spiro atoms. The summed E-state index contributed by atoms with van der Waals surface area (Å²) < 4.78 is 0. The van der Waals surface area contributed by atoms with Gasteiger partial charge in [0.05, 0.1) is 12.1 Å². The number of amidine groups is 1. The molecule has 11 nitrogen and oxygen atoms in total. The van der Waals surface area contributed by atoms with Crippen LogP contribution in [0.4, 0.5) is 15.4 Å². The van der Waals surface area contributed by atoms with E-state index in [-0.39, 0.29) is 22.7 Å². The molecular weight excluding hydrogens is 340 g/mol. The number of nitrogens with zero attached hydrogens (tertiary/aromatic N) is 4. The first-order chi connectivity index (χ1) is 11.4. The standard InChI is InChI=1S/C12H14N6O5S/c13-8(6-2-1-5-3-17(6)12(22)18(5)23)16-9(19)10-14-7(4-24-10)15-11(20)21/h4-6,15,23H,1-3H2,(H,20,21)(H2,13,16,19)/t5-,6+/m1/s1. The molecule has 0 radical (unpaired) electrons. The molecule has 0 aromatic carbocycles. The van der Waals surface area contributed by atoms with E-state index in [0.29, 0.717) is 24.4 Å². The van der Waals surface area contributed by atoms with Gasteiger partial charge in [0, 0.05) is 11.9 Å². The second kappa shape index (κ2) is 6.05. The van der Waals surface area contributed by atoms with Gasteiger partial charge in [0.2, 0.25) is 0 Å². The van der Waals surface area contributed by atoms with Crippen LogP contribution in [0.25, 0.3) is 0 Å². The molecule has 12 heteroatoms. The fourth-order valence-corrected chi connectivity index (χ4v) is 3.37. The second-order valence-electron chi connectivity index (χ2n) is 5.34. The molecule has 0 aliphatic carbocycles. The number of fused-ring (bicyclic) bond motifs is 2. The van der Waals surface area contributed by atoms with Crippen molar-refractivity contribution in [1.82, 2.24) is 14.9 Å². The van der Waals surface area contributed by atoms with Crippen LogP contribution in [0.1, 0.15) is 22.6 Å². The Bertz CT molecular complexity index is 733. The zero-order valence-corrected chi connectivity index (χ0v) is 13.1. The Hall–Kier alpha value is -2.73. The molecule has 3 heterocycles. The van der Waals surface area contributed by atoms with Gasteiger partial charge in [0.1, 0.15) is 11.7 Å². The monoisotopic (exact) mass is 354 g/mol. The molecule has 2 saturated heterocycles. The molecule has 1 aromatic heterocycles. The van der Waals surface area contributed by atoms with Gasteiger partial charge in [-0.25, -0.2) is 19.6 Å². The minimum atomic E-state index is -1.29. The minimum Gasteiger partial charge on any atom is -0.465 e. The van der Waals surface area contributed by atoms with E-state index in [9.17, 15) is 19.6 Å². The van der Waals surface area contributed by atoms with Gasteiger partial charge in [-0.2, -0.15) is 4.99 Å². The summed E-state index contributed by atoms with van der Waals surface area (Å²) in [7, 11) is 0. The minimum absolute atomic E-state index is 0.0214. The van der Waals surface area contributed by atoms with Crippen molar-refractivity contribution in [2.45, 2.75) is 24.9 Å². The highest BCUT2D eigenvalue weighted by Crippen LogP contribution is 2.28. The van der Waals surface area contributed by atoms with Gasteiger partial charge in [0.25, 0.3) is 0 Å². The van der Waals surface area contributed by atoms with Crippen molar-refractivity contribution in [1.29, 1.82) is 0 Å². The summed E-state index contributed by atoms with van der Waals surface area (Å²) in [5.74, 6) is -0.730. The predicted octanol–water partition coefficient (Wildman–Crippen LogP) is 0.388. The number of thiazole rings is 1. The number of aromatic nitrogens is 1. The number of nitrogens with one attached hydrogen (secondary N) is 1. The molecule has 4 amide bonds. The number of rotatable bonds is 3. The number of hydrogen-bond acceptors (Lipinski definition) is 6. The third-order valence-corrected chi connectivity index (χ3v) is 4.67. The summed E-state index contributed by atoms with van der Waals surface area (Å²) in [5.41, 5.74) is 5.87. The molecule has 2 atom stereocenters. The number of aliphatic imine (C=N–C) groups is 1. The van der Waals surface area contributed by atoms with E-state index in [2.05, 4.69) is 9.98 Å². The van der Waals surface area contributed by atoms with Crippen LogP contribution >= 0.6 is 11.3 Å². The lowest BCUT2D eigenvalue weighted by atomic mass is 10.0. The van der Waals surface area contributed by atoms with Gasteiger partial charge >= 0.3 is 18.0 Å². The summed E-state index contributed by atoms with van der Waals surface area (Å²) in [6, 6.07) is -1.39. The molecular formula is C12H14N6O5S. The molecule has 24 heavy (non-hydrogen) atoms. The van der Waals surface area contributed by atoms with Crippen LogP contribution in [0, 0.1) is 0 Å². The smallest absolute Gasteiger partial charge is 0.410 e. The van der Waals surface area contributed by atoms with E-state index in [1.807, 2.05) is 5.32 Å². The summed E-state index contributed by atoms with van der Waals surface area (Å²) in [4.78, 5) is 43.5. The predicted molar refractivity (Wildman–Crippen MR) is 82.3 cm³/mol. The number of hydroxylamine groups is 2. The van der Waals surface area contributed by atoms with E-state index in [4.69, 9.17) is 10.8 Å². The van der Waals surface area contributed by atoms with Gasteiger partial charge in [0.15, 0.2) is 5.01 Å². The number of carbonyl (C=O) groups is 3. The molecule has 2 aliphatic rings. The molecule has 1 aromatic rings. The molecule has 3 rings (SSSR count). The van der Waals surface area contributed by atoms with Crippen LogP contribution in [0.15, 0.2) is 10.4 Å². The highest BCUT2D eigenvalue weighted by atomic mass is 32.1. The van der Waals surface area contributed by atoms with Gasteiger partial charge in [-0.1, -0.05) is 0 Å². The molecule has 2 aliphatic heterocycles. The summed E-state index contributed by atoms with van der Waals surface area (Å²) in [5, 5.41) is 22.3. The van der Waals surface area contributed by atoms with Gasteiger partial charge < -0.3 is 15.7 Å². The van der Waals surface area contributed by atoms with Crippen LogP contribution < -0.4 is 11.1 Å². The number of amides is 4. The van der Waals surface area contributed by atoms with Crippen LogP contribution in [0.3, 0.4) is 0 Å². The summed E-state index contributed by atoms with van der Waals surface area (Å²) >= 11 is 0.926. The number of piperidine rings is 1. The third kappa shape index (κ3) is 2.88. The molecule has 0 unspecified atom stereocenters. The lowest BCUT2D eigenvalue weighted by Gasteiger charge is -2.29. The maximum atomic E-state index is 12.1. The lowest BCUT2D eigenvalue weighted by Crippen LogP contribution is -2.48. The van der Waals surface area contributed by atoms with E-state index >= 15 is 0 Å². The maximum absolute atomic E-state index is 12.1. The van der Waals surface area contributed by atoms with Crippen molar-refractivity contribution in [2.75, 3.05) is 11.9 Å². The SMILES string of the molecule is NC(=NC(=O)c1nc(NC(=O)O)cs1)[C@@H]1CC[C@@H]2CN1C(=O)N2O. The number of carboxylic acid groups (broad SMARTS) is 1. The Morgan fingerprint density at radius 1 is 1.46 bits per heavy atom. The third-order valence-electron chi connectivity index (χ3n) is 3.84. The number of anilines is 1. The molecule has 5 N–H and O–H groups in total. The molecule has 0 saturated carbocycles. The first-order valence-electron chi connectivity index (χ1n) is 6.99. The molecule has 128 valence electrons. The van der Waals surface area contributed by atoms with Gasteiger partial charge in [-0.15, -0.1) is 11.3 Å². The second-order valence-corrected chi connectivity index (χ2v) is 6.19. The van der Waals surface area contributed by atoms with Gasteiger partial charge in [-0.05, 0) is 12.8 Å². The first kappa shape index (κ1) is 16.1. The topological polar surface area (TPSA) is 161 Å². The largest absolute Gasteiger partial charge is 0.465 e. The highest BCUT2D eigenvalue weighted by molar-refractivity contribution is 7.12. The molecule has 2 fully saturated rings. The van der Waals surface area contributed by atoms with Crippen LogP contribution in [-0.4, -0.2) is 67.8 Å². The van der Waals surface area contributed by atoms with Crippen molar-refractivity contribution in [3.63, 3.8) is 0 Å². The van der Waals surface area contributed by atoms with Crippen LogP contribution in [-0.2, 0) is 0 Å². The number of nitrogens with two attached hydrogens (primary N) is 1. The summed E-state index contributed by atoms with van der Waals surface area (Å²) in [6.07, 6.45) is -0.252. The Kier molecular flexibility index (Phi) is 4.07. The Labute approximate surface area is 139 Å². The number of hydrogen-bond donors (Lipinski definition) is 4. The van der Waals surface area contributed by atoms with Crippen LogP contribution in [0.5, 0.6) is 0 Å². The van der Waals surface area contributed by atoms with Crippen molar-refractivity contribution in [3.05, 3.63) is 10.4 Å². The van der Waals surface area contributed by atoms with E-state index < -0.39 is 24.1 Å². The zero-order valence-electron chi connectivity index (χ0n) is 12.2. The normalized spacial score (nSPS) is 23.5. The van der Waals surface area contributed by atoms with Crippen molar-refractivity contribution < 1.29 is 24.7 Å². The summed E-state index contributed by atoms with van der Waals surface area (Å²) in [6.45, 7) is 0.328. The van der Waals surface area contributed by atoms with Gasteiger partial charge in [-0.3, -0.25) is 15.3 Å². The fourth-order valence-electron chi connectivity index (χ4n) is 2.74. The van der Waals surface area contributed by atoms with Crippen LogP contribution in [0.2, 0.25) is 0 Å². The fraction of sp³-hybridized carbons (Fsp3) is 0.417. The zero-order chi connectivity index (χ0) is 17.4. The van der Waals surface area contributed by atoms with E-state index in [1.165, 1.54) is 10.3 Å². The quantitative estimate of drug-likeness (QED) is 0.346. The Morgan fingerprint density at radius 2 is 2.21 bits per heavy atom. The number of carbonyl (C=O) groups excluding carboxylic acids is 2. The van der Waals surface area contributed by atoms with Crippen molar-refractivity contribution in [3.8, 4) is 0 Å². The highest BCUT2D eigenvalue weighted by Gasteiger charge is 2.45. The lowest BCUT2D eigenvalue weighted by molar-refractivity contribution is -0.0583.